The van der Waals surface area contributed by atoms with Gasteiger partial charge in [0.25, 0.3) is 0 Å². The van der Waals surface area contributed by atoms with E-state index in [-0.39, 0.29) is 0 Å². The molecular formula is C15H21NO3. The topological polar surface area (TPSA) is 46.6 Å². The number of rotatable bonds is 7. The van der Waals surface area contributed by atoms with Gasteiger partial charge in [-0.3, -0.25) is 4.79 Å². The number of benzene rings is 1. The molecule has 0 bridgehead atoms. The molecule has 0 heterocycles. The van der Waals surface area contributed by atoms with Crippen LogP contribution in [0.25, 0.3) is 0 Å². The van der Waals surface area contributed by atoms with Gasteiger partial charge in [0.15, 0.2) is 0 Å². The van der Waals surface area contributed by atoms with Crippen LogP contribution in [0.1, 0.15) is 18.1 Å². The summed E-state index contributed by atoms with van der Waals surface area (Å²) in [6.07, 6.45) is 1.06. The fourth-order valence-corrected chi connectivity index (χ4v) is 1.91. The van der Waals surface area contributed by atoms with Gasteiger partial charge >= 0.3 is 5.97 Å². The summed E-state index contributed by atoms with van der Waals surface area (Å²) in [7, 11) is 4.00. The van der Waals surface area contributed by atoms with E-state index < -0.39 is 11.9 Å². The van der Waals surface area contributed by atoms with E-state index >= 15 is 0 Å². The van der Waals surface area contributed by atoms with E-state index in [1.165, 1.54) is 0 Å². The van der Waals surface area contributed by atoms with Crippen LogP contribution >= 0.6 is 0 Å². The van der Waals surface area contributed by atoms with Gasteiger partial charge in [0.05, 0.1) is 6.61 Å². The molecule has 104 valence electrons. The molecule has 1 rings (SSSR count). The van der Waals surface area contributed by atoms with Gasteiger partial charge in [-0.15, -0.1) is 0 Å². The summed E-state index contributed by atoms with van der Waals surface area (Å²) in [6, 6.07) is 7.93. The Morgan fingerprint density at radius 2 is 2.05 bits per heavy atom. The molecule has 1 aromatic rings. The number of esters is 1. The number of carbonyl (C=O) groups is 2. The molecular weight excluding hydrogens is 242 g/mol. The van der Waals surface area contributed by atoms with Crippen molar-refractivity contribution in [1.29, 1.82) is 0 Å². The van der Waals surface area contributed by atoms with E-state index in [4.69, 9.17) is 4.74 Å². The molecule has 19 heavy (non-hydrogen) atoms. The van der Waals surface area contributed by atoms with Crippen LogP contribution in [0.2, 0.25) is 0 Å². The molecule has 0 spiro atoms. The van der Waals surface area contributed by atoms with Gasteiger partial charge in [-0.1, -0.05) is 24.3 Å². The van der Waals surface area contributed by atoms with Gasteiger partial charge in [0.2, 0.25) is 0 Å². The van der Waals surface area contributed by atoms with Gasteiger partial charge in [-0.2, -0.15) is 0 Å². The smallest absolute Gasteiger partial charge is 0.316 e. The van der Waals surface area contributed by atoms with E-state index in [1.807, 2.05) is 38.4 Å². The van der Waals surface area contributed by atoms with Crippen LogP contribution in [0.5, 0.6) is 0 Å². The molecule has 1 unspecified atom stereocenters. The van der Waals surface area contributed by atoms with Gasteiger partial charge in [-0.25, -0.2) is 0 Å². The van der Waals surface area contributed by atoms with Gasteiger partial charge < -0.3 is 14.4 Å². The Bertz CT molecular complexity index is 429. The summed E-state index contributed by atoms with van der Waals surface area (Å²) >= 11 is 0. The molecule has 4 heteroatoms. The predicted octanol–water partition coefficient (Wildman–Crippen LogP) is 1.67. The molecule has 0 amide bonds. The lowest BCUT2D eigenvalue weighted by molar-refractivity contribution is -0.149. The Labute approximate surface area is 114 Å². The van der Waals surface area contributed by atoms with Crippen LogP contribution in [0.3, 0.4) is 0 Å². The van der Waals surface area contributed by atoms with Crippen molar-refractivity contribution < 1.29 is 14.3 Å². The standard InChI is InChI=1S/C15H21NO3/c1-4-19-15(18)14(11-17)9-12-6-5-7-13(8-12)10-16(2)3/h5-8,11,14H,4,9-10H2,1-3H3. The van der Waals surface area contributed by atoms with E-state index in [9.17, 15) is 9.59 Å². The number of nitrogens with zero attached hydrogens (tertiary/aromatic N) is 1. The monoisotopic (exact) mass is 263 g/mol. The van der Waals surface area contributed by atoms with E-state index in [0.717, 1.165) is 17.7 Å². The Morgan fingerprint density at radius 3 is 2.63 bits per heavy atom. The van der Waals surface area contributed by atoms with Crippen molar-refractivity contribution in [1.82, 2.24) is 4.90 Å². The molecule has 0 saturated heterocycles. The van der Waals surface area contributed by atoms with Gasteiger partial charge in [0.1, 0.15) is 12.2 Å². The van der Waals surface area contributed by atoms with Crippen LogP contribution in [0, 0.1) is 5.92 Å². The van der Waals surface area contributed by atoms with Gasteiger partial charge in [0, 0.05) is 6.54 Å². The molecule has 0 aromatic heterocycles. The highest BCUT2D eigenvalue weighted by atomic mass is 16.5. The minimum atomic E-state index is -0.713. The zero-order chi connectivity index (χ0) is 14.3. The lowest BCUT2D eigenvalue weighted by atomic mass is 9.99. The Kier molecular flexibility index (Phi) is 6.22. The largest absolute Gasteiger partial charge is 0.465 e. The Morgan fingerprint density at radius 1 is 1.37 bits per heavy atom. The summed E-state index contributed by atoms with van der Waals surface area (Å²) in [5.74, 6) is -1.16. The lowest BCUT2D eigenvalue weighted by Gasteiger charge is -2.12. The molecule has 0 saturated carbocycles. The van der Waals surface area contributed by atoms with Crippen LogP contribution in [0.4, 0.5) is 0 Å². The van der Waals surface area contributed by atoms with Crippen molar-refractivity contribution in [2.75, 3.05) is 20.7 Å². The number of hydrogen-bond acceptors (Lipinski definition) is 4. The fourth-order valence-electron chi connectivity index (χ4n) is 1.91. The summed E-state index contributed by atoms with van der Waals surface area (Å²) in [4.78, 5) is 24.6. The molecule has 0 fully saturated rings. The van der Waals surface area contributed by atoms with Crippen molar-refractivity contribution in [2.45, 2.75) is 19.9 Å². The molecule has 1 atom stereocenters. The van der Waals surface area contributed by atoms with Crippen LogP contribution < -0.4 is 0 Å². The zero-order valence-corrected chi connectivity index (χ0v) is 11.8. The zero-order valence-electron chi connectivity index (χ0n) is 11.8. The number of hydrogen-bond donors (Lipinski definition) is 0. The Hall–Kier alpha value is -1.68. The Balaban J connectivity index is 2.74. The maximum atomic E-state index is 11.6. The van der Waals surface area contributed by atoms with Gasteiger partial charge in [-0.05, 0) is 38.6 Å². The third kappa shape index (κ3) is 5.22. The second-order valence-electron chi connectivity index (χ2n) is 4.76. The van der Waals surface area contributed by atoms with Crippen molar-refractivity contribution >= 4 is 12.3 Å². The molecule has 0 radical (unpaired) electrons. The number of ether oxygens (including phenoxy) is 1. The first-order valence-electron chi connectivity index (χ1n) is 6.41. The molecule has 0 aliphatic heterocycles. The van der Waals surface area contributed by atoms with E-state index in [0.29, 0.717) is 19.3 Å². The maximum Gasteiger partial charge on any atom is 0.316 e. The van der Waals surface area contributed by atoms with Crippen LogP contribution in [-0.4, -0.2) is 37.9 Å². The molecule has 0 aliphatic carbocycles. The SMILES string of the molecule is CCOC(=O)C(C=O)Cc1cccc(CN(C)C)c1. The first-order chi connectivity index (χ1) is 9.06. The molecule has 4 nitrogen and oxygen atoms in total. The normalized spacial score (nSPS) is 12.2. The third-order valence-electron chi connectivity index (χ3n) is 2.70. The number of carbonyl (C=O) groups excluding carboxylic acids is 2. The summed E-state index contributed by atoms with van der Waals surface area (Å²) in [6.45, 7) is 2.86. The average molecular weight is 263 g/mol. The van der Waals surface area contributed by atoms with Crippen molar-refractivity contribution in [3.05, 3.63) is 35.4 Å². The van der Waals surface area contributed by atoms with Crippen molar-refractivity contribution in [2.24, 2.45) is 5.92 Å². The number of aldehydes is 1. The average Bonchev–Trinajstić information content (AvgIpc) is 2.35. The summed E-state index contributed by atoms with van der Waals surface area (Å²) < 4.78 is 4.88. The predicted molar refractivity (Wildman–Crippen MR) is 73.7 cm³/mol. The lowest BCUT2D eigenvalue weighted by Crippen LogP contribution is -2.21. The van der Waals surface area contributed by atoms with E-state index in [2.05, 4.69) is 4.90 Å². The third-order valence-corrected chi connectivity index (χ3v) is 2.70. The highest BCUT2D eigenvalue weighted by molar-refractivity contribution is 5.88. The van der Waals surface area contributed by atoms with Crippen molar-refractivity contribution in [3.63, 3.8) is 0 Å². The van der Waals surface area contributed by atoms with Crippen molar-refractivity contribution in [3.8, 4) is 0 Å². The minimum Gasteiger partial charge on any atom is -0.465 e. The quantitative estimate of drug-likeness (QED) is 0.426. The minimum absolute atomic E-state index is 0.295. The highest BCUT2D eigenvalue weighted by Gasteiger charge is 2.19. The summed E-state index contributed by atoms with van der Waals surface area (Å²) in [5.41, 5.74) is 2.14. The fraction of sp³-hybridized carbons (Fsp3) is 0.467. The first-order valence-corrected chi connectivity index (χ1v) is 6.41. The molecule has 0 N–H and O–H groups in total. The van der Waals surface area contributed by atoms with Crippen LogP contribution in [0.15, 0.2) is 24.3 Å². The second kappa shape index (κ2) is 7.69. The highest BCUT2D eigenvalue weighted by Crippen LogP contribution is 2.12. The van der Waals surface area contributed by atoms with E-state index in [1.54, 1.807) is 6.92 Å². The summed E-state index contributed by atoms with van der Waals surface area (Å²) in [5, 5.41) is 0. The van der Waals surface area contributed by atoms with Crippen LogP contribution in [-0.2, 0) is 27.3 Å². The maximum absolute atomic E-state index is 11.6. The molecule has 0 aliphatic rings. The second-order valence-corrected chi connectivity index (χ2v) is 4.76. The first kappa shape index (κ1) is 15.4. The molecule has 1 aromatic carbocycles.